The summed E-state index contributed by atoms with van der Waals surface area (Å²) in [5.74, 6) is 0.0203. The van der Waals surface area contributed by atoms with E-state index in [2.05, 4.69) is 0 Å². The molecule has 0 N–H and O–H groups in total. The van der Waals surface area contributed by atoms with Gasteiger partial charge in [0.25, 0.3) is 11.8 Å². The Labute approximate surface area is 208 Å². The molecule has 2 aromatic carbocycles. The van der Waals surface area contributed by atoms with Crippen molar-refractivity contribution in [2.24, 2.45) is 0 Å². The van der Waals surface area contributed by atoms with Crippen LogP contribution >= 0.6 is 0 Å². The molecule has 9 heteroatoms. The van der Waals surface area contributed by atoms with Gasteiger partial charge in [-0.1, -0.05) is 18.2 Å². The third kappa shape index (κ3) is 3.93. The van der Waals surface area contributed by atoms with Crippen LogP contribution in [0.15, 0.2) is 60.2 Å². The number of aryl methyl sites for hydroxylation is 1. The number of aromatic nitrogens is 1. The minimum atomic E-state index is -0.698. The number of hydrogen-bond donors (Lipinski definition) is 0. The molecule has 0 unspecified atom stereocenters. The Morgan fingerprint density at radius 2 is 1.67 bits per heavy atom. The molecule has 5 rings (SSSR count). The number of urea groups is 1. The highest BCUT2D eigenvalue weighted by molar-refractivity contribution is 6.39. The number of para-hydroxylation sites is 1. The van der Waals surface area contributed by atoms with Crippen molar-refractivity contribution < 1.29 is 28.6 Å². The molecule has 9 nitrogen and oxygen atoms in total. The number of hydrogen-bond acceptors (Lipinski definition) is 6. The number of imide groups is 2. The Morgan fingerprint density at radius 3 is 2.42 bits per heavy atom. The van der Waals surface area contributed by atoms with E-state index in [9.17, 15) is 14.4 Å². The number of benzene rings is 2. The van der Waals surface area contributed by atoms with Gasteiger partial charge in [-0.2, -0.15) is 0 Å². The maximum absolute atomic E-state index is 13.5. The van der Waals surface area contributed by atoms with E-state index in [4.69, 9.17) is 14.2 Å². The molecule has 0 aliphatic carbocycles. The second-order valence-corrected chi connectivity index (χ2v) is 8.47. The third-order valence-electron chi connectivity index (χ3n) is 6.25. The van der Waals surface area contributed by atoms with Crippen LogP contribution in [0.3, 0.4) is 0 Å². The van der Waals surface area contributed by atoms with E-state index in [-0.39, 0.29) is 25.5 Å². The first-order valence-corrected chi connectivity index (χ1v) is 11.5. The zero-order chi connectivity index (χ0) is 25.4. The SMILES string of the molecule is COCCN1C(=O)/C(=C\c2cc(C)n(-c3ccc4c(c3)OCO4)c2C)C(=O)N(c2ccccc2)C1=O. The Kier molecular flexibility index (Phi) is 6.07. The zero-order valence-electron chi connectivity index (χ0n) is 20.2. The minimum absolute atomic E-state index is 0.0261. The molecular formula is C27H25N3O6. The first-order chi connectivity index (χ1) is 17.4. The monoisotopic (exact) mass is 487 g/mol. The molecule has 184 valence electrons. The average molecular weight is 488 g/mol. The minimum Gasteiger partial charge on any atom is -0.454 e. The first kappa shape index (κ1) is 23.4. The molecule has 0 radical (unpaired) electrons. The number of anilines is 1. The fourth-order valence-electron chi connectivity index (χ4n) is 4.47. The summed E-state index contributed by atoms with van der Waals surface area (Å²) >= 11 is 0. The van der Waals surface area contributed by atoms with E-state index in [0.29, 0.717) is 22.7 Å². The molecule has 0 bridgehead atoms. The molecule has 1 aromatic heterocycles. The molecular weight excluding hydrogens is 462 g/mol. The molecule has 1 saturated heterocycles. The van der Waals surface area contributed by atoms with Gasteiger partial charge in [-0.05, 0) is 55.8 Å². The van der Waals surface area contributed by atoms with Crippen molar-refractivity contribution in [3.8, 4) is 17.2 Å². The van der Waals surface area contributed by atoms with Crippen molar-refractivity contribution in [1.29, 1.82) is 0 Å². The predicted molar refractivity (Wildman–Crippen MR) is 132 cm³/mol. The molecule has 1 fully saturated rings. The van der Waals surface area contributed by atoms with E-state index in [1.165, 1.54) is 7.11 Å². The lowest BCUT2D eigenvalue weighted by Crippen LogP contribution is -2.57. The lowest BCUT2D eigenvalue weighted by molar-refractivity contribution is -0.129. The summed E-state index contributed by atoms with van der Waals surface area (Å²) in [4.78, 5) is 42.0. The fraction of sp³-hybridized carbons (Fsp3) is 0.222. The third-order valence-corrected chi connectivity index (χ3v) is 6.25. The quantitative estimate of drug-likeness (QED) is 0.388. The van der Waals surface area contributed by atoms with Crippen molar-refractivity contribution in [2.75, 3.05) is 32.0 Å². The standard InChI is InChI=1S/C27H25N3O6/c1-17-13-19(18(2)29(17)21-9-10-23-24(15-21)36-16-35-23)14-22-25(31)28(11-12-34-3)27(33)30(26(22)32)20-7-5-4-6-8-20/h4-10,13-15H,11-12,16H2,1-3H3/b22-14+. The van der Waals surface area contributed by atoms with E-state index >= 15 is 0 Å². The molecule has 2 aliphatic rings. The van der Waals surface area contributed by atoms with Crippen molar-refractivity contribution >= 4 is 29.6 Å². The van der Waals surface area contributed by atoms with Crippen molar-refractivity contribution in [1.82, 2.24) is 9.47 Å². The number of amides is 4. The van der Waals surface area contributed by atoms with Crippen molar-refractivity contribution in [3.63, 3.8) is 0 Å². The van der Waals surface area contributed by atoms with Crippen LogP contribution in [-0.2, 0) is 14.3 Å². The van der Waals surface area contributed by atoms with Gasteiger partial charge in [0.15, 0.2) is 11.5 Å². The number of carbonyl (C=O) groups is 3. The molecule has 3 aromatic rings. The Balaban J connectivity index is 1.57. The highest BCUT2D eigenvalue weighted by atomic mass is 16.7. The zero-order valence-corrected chi connectivity index (χ0v) is 20.2. The molecule has 0 spiro atoms. The maximum atomic E-state index is 13.5. The summed E-state index contributed by atoms with van der Waals surface area (Å²) in [5, 5.41) is 0. The molecule has 0 saturated carbocycles. The molecule has 3 heterocycles. The van der Waals surface area contributed by atoms with Crippen LogP contribution in [0.25, 0.3) is 11.8 Å². The van der Waals surface area contributed by atoms with Gasteiger partial charge in [0.1, 0.15) is 5.57 Å². The van der Waals surface area contributed by atoms with Crippen LogP contribution in [0.2, 0.25) is 0 Å². The van der Waals surface area contributed by atoms with Gasteiger partial charge in [0, 0.05) is 30.3 Å². The second kappa shape index (κ2) is 9.35. The highest BCUT2D eigenvalue weighted by Crippen LogP contribution is 2.35. The number of methoxy groups -OCH3 is 1. The predicted octanol–water partition coefficient (Wildman–Crippen LogP) is 3.85. The number of nitrogens with zero attached hydrogens (tertiary/aromatic N) is 3. The van der Waals surface area contributed by atoms with Crippen LogP contribution < -0.4 is 14.4 Å². The van der Waals surface area contributed by atoms with E-state index < -0.39 is 17.8 Å². The number of barbiturate groups is 1. The topological polar surface area (TPSA) is 90.3 Å². The van der Waals surface area contributed by atoms with Crippen LogP contribution in [-0.4, -0.2) is 54.4 Å². The summed E-state index contributed by atoms with van der Waals surface area (Å²) in [7, 11) is 1.49. The lowest BCUT2D eigenvalue weighted by atomic mass is 10.1. The molecule has 4 amide bonds. The number of rotatable bonds is 6. The van der Waals surface area contributed by atoms with Gasteiger partial charge in [-0.25, -0.2) is 9.69 Å². The van der Waals surface area contributed by atoms with Crippen LogP contribution in [0.4, 0.5) is 10.5 Å². The number of ether oxygens (including phenoxy) is 3. The van der Waals surface area contributed by atoms with Gasteiger partial charge in [0.05, 0.1) is 18.8 Å². The largest absolute Gasteiger partial charge is 0.454 e. The van der Waals surface area contributed by atoms with Gasteiger partial charge in [-0.15, -0.1) is 0 Å². The summed E-state index contributed by atoms with van der Waals surface area (Å²) in [6.07, 6.45) is 1.55. The number of fused-ring (bicyclic) bond motifs is 1. The van der Waals surface area contributed by atoms with E-state index in [1.807, 2.05) is 42.7 Å². The molecule has 0 atom stereocenters. The van der Waals surface area contributed by atoms with Crippen LogP contribution in [0, 0.1) is 13.8 Å². The van der Waals surface area contributed by atoms with Crippen LogP contribution in [0.1, 0.15) is 17.0 Å². The van der Waals surface area contributed by atoms with Gasteiger partial charge in [0.2, 0.25) is 6.79 Å². The van der Waals surface area contributed by atoms with Crippen LogP contribution in [0.5, 0.6) is 11.5 Å². The summed E-state index contributed by atoms with van der Waals surface area (Å²) in [6, 6.07) is 15.4. The van der Waals surface area contributed by atoms with Gasteiger partial charge < -0.3 is 18.8 Å². The van der Waals surface area contributed by atoms with Crippen molar-refractivity contribution in [2.45, 2.75) is 13.8 Å². The van der Waals surface area contributed by atoms with Crippen molar-refractivity contribution in [3.05, 3.63) is 77.1 Å². The van der Waals surface area contributed by atoms with E-state index in [1.54, 1.807) is 36.4 Å². The highest BCUT2D eigenvalue weighted by Gasteiger charge is 2.42. The Morgan fingerprint density at radius 1 is 0.917 bits per heavy atom. The lowest BCUT2D eigenvalue weighted by Gasteiger charge is -2.33. The normalized spacial score (nSPS) is 16.4. The fourth-order valence-corrected chi connectivity index (χ4v) is 4.47. The summed E-state index contributed by atoms with van der Waals surface area (Å²) in [5.41, 5.74) is 3.57. The molecule has 36 heavy (non-hydrogen) atoms. The second-order valence-electron chi connectivity index (χ2n) is 8.47. The Hall–Kier alpha value is -4.37. The first-order valence-electron chi connectivity index (χ1n) is 11.5. The van der Waals surface area contributed by atoms with E-state index in [0.717, 1.165) is 26.9 Å². The smallest absolute Gasteiger partial charge is 0.338 e. The molecule has 2 aliphatic heterocycles. The Bertz CT molecular complexity index is 1390. The summed E-state index contributed by atoms with van der Waals surface area (Å²) in [6.45, 7) is 4.21. The average Bonchev–Trinajstić information content (AvgIpc) is 3.45. The van der Waals surface area contributed by atoms with Gasteiger partial charge in [-0.3, -0.25) is 14.5 Å². The summed E-state index contributed by atoms with van der Waals surface area (Å²) < 4.78 is 18.0. The maximum Gasteiger partial charge on any atom is 0.338 e. The van der Waals surface area contributed by atoms with Gasteiger partial charge >= 0.3 is 6.03 Å². The number of carbonyl (C=O) groups excluding carboxylic acids is 3.